The molecule has 0 atom stereocenters. The van der Waals surface area contributed by atoms with Gasteiger partial charge in [0.1, 0.15) is 16.9 Å². The number of amides is 1. The Bertz CT molecular complexity index is 965. The summed E-state index contributed by atoms with van der Waals surface area (Å²) in [5.74, 6) is 0.356. The lowest BCUT2D eigenvalue weighted by atomic mass is 10.0. The second-order valence-corrected chi connectivity index (χ2v) is 8.99. The summed E-state index contributed by atoms with van der Waals surface area (Å²) in [6.07, 6.45) is 1.05. The van der Waals surface area contributed by atoms with Crippen LogP contribution in [-0.2, 0) is 9.47 Å². The van der Waals surface area contributed by atoms with E-state index in [-0.39, 0.29) is 6.04 Å². The fourth-order valence-corrected chi connectivity index (χ4v) is 3.70. The molecule has 7 nitrogen and oxygen atoms in total. The number of carbonyl (C=O) groups is 2. The number of benzene rings is 2. The fourth-order valence-electron chi connectivity index (χ4n) is 3.53. The van der Waals surface area contributed by atoms with Crippen molar-refractivity contribution in [3.63, 3.8) is 0 Å². The molecule has 2 aromatic rings. The van der Waals surface area contributed by atoms with Gasteiger partial charge in [-0.3, -0.25) is 0 Å². The highest BCUT2D eigenvalue weighted by Gasteiger charge is 2.27. The van der Waals surface area contributed by atoms with Crippen molar-refractivity contribution in [1.29, 1.82) is 0 Å². The van der Waals surface area contributed by atoms with E-state index in [2.05, 4.69) is 10.2 Å². The average Bonchev–Trinajstić information content (AvgIpc) is 2.74. The number of ether oxygens (including phenoxy) is 3. The van der Waals surface area contributed by atoms with Gasteiger partial charge in [0.2, 0.25) is 0 Å². The number of para-hydroxylation sites is 2. The molecule has 8 heteroatoms. The van der Waals surface area contributed by atoms with Crippen molar-refractivity contribution in [1.82, 2.24) is 5.32 Å². The van der Waals surface area contributed by atoms with E-state index in [4.69, 9.17) is 25.8 Å². The molecule has 0 radical (unpaired) electrons. The number of rotatable bonds is 5. The molecular weight excluding hydrogens is 432 g/mol. The molecule has 32 heavy (non-hydrogen) atoms. The molecule has 1 aliphatic rings. The number of carbonyl (C=O) groups excluding carboxylic acids is 2. The second-order valence-electron chi connectivity index (χ2n) is 8.59. The molecule has 0 unspecified atom stereocenters. The number of alkyl carbamates (subject to hydrolysis) is 1. The summed E-state index contributed by atoms with van der Waals surface area (Å²) in [6.45, 7) is 6.85. The summed E-state index contributed by atoms with van der Waals surface area (Å²) in [4.78, 5) is 26.6. The first-order valence-corrected chi connectivity index (χ1v) is 10.9. The molecule has 0 bridgehead atoms. The third kappa shape index (κ3) is 6.07. The molecule has 172 valence electrons. The van der Waals surface area contributed by atoms with Crippen LogP contribution in [0.3, 0.4) is 0 Å². The molecule has 1 N–H and O–H groups in total. The molecule has 0 saturated carbocycles. The van der Waals surface area contributed by atoms with Crippen molar-refractivity contribution in [2.45, 2.75) is 45.3 Å². The van der Waals surface area contributed by atoms with Crippen LogP contribution in [-0.4, -0.2) is 43.9 Å². The third-order valence-electron chi connectivity index (χ3n) is 5.00. The number of nitrogens with zero attached hydrogens (tertiary/aromatic N) is 1. The van der Waals surface area contributed by atoms with E-state index < -0.39 is 17.7 Å². The standard InChI is InChI=1S/C24H29ClN2O5/c1-24(2,3)32-23(29)26-16-12-14-27(15-13-16)19-10-7-8-17(22(28)30-4)21(19)31-20-11-6-5-9-18(20)25/h5-11,16H,12-15H2,1-4H3,(H,26,29). The van der Waals surface area contributed by atoms with Crippen LogP contribution >= 0.6 is 11.6 Å². The summed E-state index contributed by atoms with van der Waals surface area (Å²) in [6, 6.07) is 12.5. The Morgan fingerprint density at radius 2 is 1.75 bits per heavy atom. The Labute approximate surface area is 193 Å². The maximum Gasteiger partial charge on any atom is 0.407 e. The Kier molecular flexibility index (Phi) is 7.51. The van der Waals surface area contributed by atoms with Gasteiger partial charge in [0.25, 0.3) is 0 Å². The van der Waals surface area contributed by atoms with E-state index in [0.29, 0.717) is 35.2 Å². The molecule has 1 heterocycles. The molecule has 0 aromatic heterocycles. The molecule has 3 rings (SSSR count). The lowest BCUT2D eigenvalue weighted by Crippen LogP contribution is -2.46. The number of hydrogen-bond acceptors (Lipinski definition) is 6. The normalized spacial score (nSPS) is 14.6. The monoisotopic (exact) mass is 460 g/mol. The highest BCUT2D eigenvalue weighted by atomic mass is 35.5. The summed E-state index contributed by atoms with van der Waals surface area (Å²) in [5.41, 5.74) is 0.548. The van der Waals surface area contributed by atoms with Crippen LogP contribution in [0.2, 0.25) is 5.02 Å². The molecule has 1 aliphatic heterocycles. The van der Waals surface area contributed by atoms with Crippen molar-refractivity contribution >= 4 is 29.4 Å². The second kappa shape index (κ2) is 10.1. The molecule has 1 amide bonds. The smallest absolute Gasteiger partial charge is 0.407 e. The predicted octanol–water partition coefficient (Wildman–Crippen LogP) is 5.41. The van der Waals surface area contributed by atoms with Crippen LogP contribution in [0.5, 0.6) is 11.5 Å². The minimum absolute atomic E-state index is 0.0119. The van der Waals surface area contributed by atoms with Gasteiger partial charge in [0.15, 0.2) is 5.75 Å². The minimum atomic E-state index is -0.538. The summed E-state index contributed by atoms with van der Waals surface area (Å²) in [7, 11) is 1.34. The summed E-state index contributed by atoms with van der Waals surface area (Å²) in [5, 5.41) is 3.38. The number of anilines is 1. The van der Waals surface area contributed by atoms with Gasteiger partial charge in [-0.05, 0) is 57.9 Å². The number of nitrogens with one attached hydrogen (secondary N) is 1. The number of methoxy groups -OCH3 is 1. The molecule has 1 fully saturated rings. The zero-order chi connectivity index (χ0) is 23.3. The fraction of sp³-hybridized carbons (Fsp3) is 0.417. The number of esters is 1. The first kappa shape index (κ1) is 23.7. The van der Waals surface area contributed by atoms with Crippen molar-refractivity contribution in [2.75, 3.05) is 25.1 Å². The van der Waals surface area contributed by atoms with Crippen molar-refractivity contribution in [3.8, 4) is 11.5 Å². The Balaban J connectivity index is 1.79. The van der Waals surface area contributed by atoms with Crippen LogP contribution in [0.1, 0.15) is 44.0 Å². The third-order valence-corrected chi connectivity index (χ3v) is 5.32. The highest BCUT2D eigenvalue weighted by molar-refractivity contribution is 6.32. The Morgan fingerprint density at radius 3 is 2.38 bits per heavy atom. The minimum Gasteiger partial charge on any atom is -0.465 e. The molecule has 1 saturated heterocycles. The van der Waals surface area contributed by atoms with E-state index in [0.717, 1.165) is 18.5 Å². The lowest BCUT2D eigenvalue weighted by molar-refractivity contribution is 0.0496. The van der Waals surface area contributed by atoms with Crippen molar-refractivity contribution in [2.24, 2.45) is 0 Å². The number of halogens is 1. The van der Waals surface area contributed by atoms with Gasteiger partial charge in [-0.2, -0.15) is 0 Å². The summed E-state index contributed by atoms with van der Waals surface area (Å²) >= 11 is 6.28. The zero-order valence-corrected chi connectivity index (χ0v) is 19.6. The quantitative estimate of drug-likeness (QED) is 0.601. The lowest BCUT2D eigenvalue weighted by Gasteiger charge is -2.35. The van der Waals surface area contributed by atoms with Crippen LogP contribution in [0.25, 0.3) is 0 Å². The first-order valence-electron chi connectivity index (χ1n) is 10.6. The maximum atomic E-state index is 12.4. The van der Waals surface area contributed by atoms with Gasteiger partial charge in [-0.1, -0.05) is 29.8 Å². The van der Waals surface area contributed by atoms with Crippen LogP contribution in [0, 0.1) is 0 Å². The Morgan fingerprint density at radius 1 is 1.06 bits per heavy atom. The predicted molar refractivity (Wildman–Crippen MR) is 124 cm³/mol. The van der Waals surface area contributed by atoms with Gasteiger partial charge in [0.05, 0.1) is 17.8 Å². The van der Waals surface area contributed by atoms with Gasteiger partial charge in [-0.15, -0.1) is 0 Å². The summed E-state index contributed by atoms with van der Waals surface area (Å²) < 4.78 is 16.4. The molecular formula is C24H29ClN2O5. The van der Waals surface area contributed by atoms with E-state index in [9.17, 15) is 9.59 Å². The van der Waals surface area contributed by atoms with Crippen LogP contribution in [0.4, 0.5) is 10.5 Å². The van der Waals surface area contributed by atoms with Gasteiger partial charge < -0.3 is 24.4 Å². The SMILES string of the molecule is COC(=O)c1cccc(N2CCC(NC(=O)OC(C)(C)C)CC2)c1Oc1ccccc1Cl. The van der Waals surface area contributed by atoms with Gasteiger partial charge in [0, 0.05) is 19.1 Å². The molecule has 2 aromatic carbocycles. The van der Waals surface area contributed by atoms with E-state index in [1.807, 2.05) is 39.0 Å². The van der Waals surface area contributed by atoms with Crippen molar-refractivity contribution in [3.05, 3.63) is 53.1 Å². The zero-order valence-electron chi connectivity index (χ0n) is 18.8. The van der Waals surface area contributed by atoms with E-state index in [1.54, 1.807) is 24.3 Å². The average molecular weight is 461 g/mol. The Hall–Kier alpha value is -2.93. The molecule has 0 spiro atoms. The topological polar surface area (TPSA) is 77.1 Å². The van der Waals surface area contributed by atoms with Crippen LogP contribution in [0.15, 0.2) is 42.5 Å². The van der Waals surface area contributed by atoms with Crippen molar-refractivity contribution < 1.29 is 23.8 Å². The first-order chi connectivity index (χ1) is 15.2. The largest absolute Gasteiger partial charge is 0.465 e. The van der Waals surface area contributed by atoms with Gasteiger partial charge >= 0.3 is 12.1 Å². The maximum absolute atomic E-state index is 12.4. The van der Waals surface area contributed by atoms with E-state index >= 15 is 0 Å². The molecule has 0 aliphatic carbocycles. The highest BCUT2D eigenvalue weighted by Crippen LogP contribution is 2.39. The van der Waals surface area contributed by atoms with E-state index in [1.165, 1.54) is 7.11 Å². The number of hydrogen-bond donors (Lipinski definition) is 1. The van der Waals surface area contributed by atoms with Crippen LogP contribution < -0.4 is 15.0 Å². The number of piperidine rings is 1. The van der Waals surface area contributed by atoms with Gasteiger partial charge in [-0.25, -0.2) is 9.59 Å².